The summed E-state index contributed by atoms with van der Waals surface area (Å²) in [5, 5.41) is 9.12. The molecule has 5 nitrogen and oxygen atoms in total. The fourth-order valence-corrected chi connectivity index (χ4v) is 1.84. The molecule has 0 aliphatic carbocycles. The van der Waals surface area contributed by atoms with E-state index in [2.05, 4.69) is 22.4 Å². The molecule has 18 heavy (non-hydrogen) atoms. The van der Waals surface area contributed by atoms with Crippen LogP contribution in [0.5, 0.6) is 0 Å². The highest BCUT2D eigenvalue weighted by Crippen LogP contribution is 2.13. The van der Waals surface area contributed by atoms with Gasteiger partial charge in [-0.2, -0.15) is 5.10 Å². The molecular formula is C13H24N4O. The third-order valence-electron chi connectivity index (χ3n) is 2.94. The SMILES string of the molecule is CCCCCCCCCC(=O)Nc1[nH]ncc1N. The minimum Gasteiger partial charge on any atom is -0.394 e. The molecule has 0 spiro atoms. The van der Waals surface area contributed by atoms with Crippen LogP contribution in [0.4, 0.5) is 11.5 Å². The van der Waals surface area contributed by atoms with Crippen LogP contribution in [-0.2, 0) is 4.79 Å². The summed E-state index contributed by atoms with van der Waals surface area (Å²) < 4.78 is 0. The molecule has 0 aliphatic rings. The van der Waals surface area contributed by atoms with Gasteiger partial charge in [0.15, 0.2) is 5.82 Å². The molecule has 5 heteroatoms. The molecular weight excluding hydrogens is 228 g/mol. The van der Waals surface area contributed by atoms with Crippen molar-refractivity contribution in [3.63, 3.8) is 0 Å². The molecule has 0 saturated carbocycles. The Labute approximate surface area is 109 Å². The Morgan fingerprint density at radius 1 is 1.28 bits per heavy atom. The summed E-state index contributed by atoms with van der Waals surface area (Å²) in [7, 11) is 0. The van der Waals surface area contributed by atoms with Gasteiger partial charge in [0.2, 0.25) is 5.91 Å². The average molecular weight is 252 g/mol. The van der Waals surface area contributed by atoms with Gasteiger partial charge in [-0.15, -0.1) is 0 Å². The molecule has 0 radical (unpaired) electrons. The summed E-state index contributed by atoms with van der Waals surface area (Å²) in [5.74, 6) is 0.502. The molecule has 102 valence electrons. The molecule has 0 unspecified atom stereocenters. The number of nitrogens with two attached hydrogens (primary N) is 1. The van der Waals surface area contributed by atoms with Crippen molar-refractivity contribution in [1.29, 1.82) is 0 Å². The number of H-pyrrole nitrogens is 1. The number of carbonyl (C=O) groups is 1. The zero-order valence-corrected chi connectivity index (χ0v) is 11.2. The van der Waals surface area contributed by atoms with Crippen molar-refractivity contribution >= 4 is 17.4 Å². The summed E-state index contributed by atoms with van der Waals surface area (Å²) in [6.07, 6.45) is 10.5. The van der Waals surface area contributed by atoms with Gasteiger partial charge in [-0.1, -0.05) is 45.4 Å². The van der Waals surface area contributed by atoms with Gasteiger partial charge in [-0.3, -0.25) is 9.89 Å². The molecule has 0 aromatic carbocycles. The first-order valence-electron chi connectivity index (χ1n) is 6.82. The molecule has 1 aromatic rings. The van der Waals surface area contributed by atoms with E-state index in [0.29, 0.717) is 17.9 Å². The van der Waals surface area contributed by atoms with E-state index < -0.39 is 0 Å². The van der Waals surface area contributed by atoms with Crippen LogP contribution >= 0.6 is 0 Å². The van der Waals surface area contributed by atoms with Crippen molar-refractivity contribution in [3.05, 3.63) is 6.20 Å². The molecule has 0 atom stereocenters. The van der Waals surface area contributed by atoms with Crippen LogP contribution < -0.4 is 11.1 Å². The van der Waals surface area contributed by atoms with Gasteiger partial charge in [0.05, 0.1) is 11.9 Å². The fraction of sp³-hybridized carbons (Fsp3) is 0.692. The van der Waals surface area contributed by atoms with Crippen molar-refractivity contribution in [1.82, 2.24) is 10.2 Å². The largest absolute Gasteiger partial charge is 0.394 e. The van der Waals surface area contributed by atoms with E-state index in [4.69, 9.17) is 5.73 Å². The van der Waals surface area contributed by atoms with Crippen LogP contribution in [0.3, 0.4) is 0 Å². The number of rotatable bonds is 9. The van der Waals surface area contributed by atoms with E-state index in [0.717, 1.165) is 12.8 Å². The highest BCUT2D eigenvalue weighted by atomic mass is 16.1. The Balaban J connectivity index is 2.02. The number of unbranched alkanes of at least 4 members (excludes halogenated alkanes) is 6. The third-order valence-corrected chi connectivity index (χ3v) is 2.94. The van der Waals surface area contributed by atoms with Gasteiger partial charge in [-0.05, 0) is 6.42 Å². The zero-order valence-electron chi connectivity index (χ0n) is 11.2. The topological polar surface area (TPSA) is 83.8 Å². The predicted octanol–water partition coefficient (Wildman–Crippen LogP) is 3.07. The Hall–Kier alpha value is -1.52. The monoisotopic (exact) mass is 252 g/mol. The first kappa shape index (κ1) is 14.5. The highest BCUT2D eigenvalue weighted by Gasteiger charge is 2.06. The fourth-order valence-electron chi connectivity index (χ4n) is 1.84. The number of amides is 1. The van der Waals surface area contributed by atoms with E-state index in [1.807, 2.05) is 0 Å². The lowest BCUT2D eigenvalue weighted by atomic mass is 10.1. The Morgan fingerprint density at radius 2 is 1.94 bits per heavy atom. The maximum atomic E-state index is 11.6. The third kappa shape index (κ3) is 5.70. The number of anilines is 2. The van der Waals surface area contributed by atoms with Gasteiger partial charge in [0.25, 0.3) is 0 Å². The second-order valence-electron chi connectivity index (χ2n) is 4.62. The van der Waals surface area contributed by atoms with E-state index in [9.17, 15) is 4.79 Å². The Morgan fingerprint density at radius 3 is 2.56 bits per heavy atom. The summed E-state index contributed by atoms with van der Waals surface area (Å²) in [6.45, 7) is 2.21. The van der Waals surface area contributed by atoms with Gasteiger partial charge < -0.3 is 11.1 Å². The summed E-state index contributed by atoms with van der Waals surface area (Å²) >= 11 is 0. The lowest BCUT2D eigenvalue weighted by Gasteiger charge is -2.03. The lowest BCUT2D eigenvalue weighted by Crippen LogP contribution is -2.12. The van der Waals surface area contributed by atoms with Crippen LogP contribution in [0.2, 0.25) is 0 Å². The van der Waals surface area contributed by atoms with Crippen LogP contribution in [0.15, 0.2) is 6.20 Å². The number of nitrogen functional groups attached to an aromatic ring is 1. The Kier molecular flexibility index (Phi) is 6.91. The predicted molar refractivity (Wildman–Crippen MR) is 74.2 cm³/mol. The van der Waals surface area contributed by atoms with Gasteiger partial charge in [-0.25, -0.2) is 0 Å². The van der Waals surface area contributed by atoms with Crippen LogP contribution in [0.25, 0.3) is 0 Å². The number of aromatic nitrogens is 2. The molecule has 0 bridgehead atoms. The van der Waals surface area contributed by atoms with Gasteiger partial charge in [0, 0.05) is 6.42 Å². The number of nitrogens with one attached hydrogen (secondary N) is 2. The molecule has 1 heterocycles. The standard InChI is InChI=1S/C13H24N4O/c1-2-3-4-5-6-7-8-9-12(18)16-13-11(14)10-15-17-13/h10H,2-9,14H2,1H3,(H2,15,16,17,18). The number of aromatic amines is 1. The van der Waals surface area contributed by atoms with Crippen LogP contribution in [0, 0.1) is 0 Å². The van der Waals surface area contributed by atoms with E-state index >= 15 is 0 Å². The van der Waals surface area contributed by atoms with Gasteiger partial charge >= 0.3 is 0 Å². The van der Waals surface area contributed by atoms with Crippen LogP contribution in [0.1, 0.15) is 58.3 Å². The summed E-state index contributed by atoms with van der Waals surface area (Å²) in [6, 6.07) is 0. The van der Waals surface area contributed by atoms with E-state index in [1.165, 1.54) is 38.3 Å². The van der Waals surface area contributed by atoms with E-state index in [-0.39, 0.29) is 5.91 Å². The number of hydrogen-bond acceptors (Lipinski definition) is 3. The summed E-state index contributed by atoms with van der Waals surface area (Å²) in [5.41, 5.74) is 6.08. The molecule has 0 saturated heterocycles. The first-order chi connectivity index (χ1) is 8.74. The summed E-state index contributed by atoms with van der Waals surface area (Å²) in [4.78, 5) is 11.6. The molecule has 4 N–H and O–H groups in total. The second kappa shape index (κ2) is 8.55. The van der Waals surface area contributed by atoms with Crippen molar-refractivity contribution in [2.24, 2.45) is 0 Å². The smallest absolute Gasteiger partial charge is 0.225 e. The van der Waals surface area contributed by atoms with Crippen molar-refractivity contribution in [2.75, 3.05) is 11.1 Å². The van der Waals surface area contributed by atoms with Crippen LogP contribution in [-0.4, -0.2) is 16.1 Å². The molecule has 0 fully saturated rings. The number of nitrogens with zero attached hydrogens (tertiary/aromatic N) is 1. The molecule has 1 aromatic heterocycles. The maximum absolute atomic E-state index is 11.6. The molecule has 0 aliphatic heterocycles. The van der Waals surface area contributed by atoms with Crippen molar-refractivity contribution < 1.29 is 4.79 Å². The number of carbonyl (C=O) groups excluding carboxylic acids is 1. The average Bonchev–Trinajstić information content (AvgIpc) is 2.74. The highest BCUT2D eigenvalue weighted by molar-refractivity contribution is 5.92. The molecule has 1 rings (SSSR count). The zero-order chi connectivity index (χ0) is 13.2. The first-order valence-corrected chi connectivity index (χ1v) is 6.82. The minimum absolute atomic E-state index is 0.000455. The lowest BCUT2D eigenvalue weighted by molar-refractivity contribution is -0.116. The second-order valence-corrected chi connectivity index (χ2v) is 4.62. The number of hydrogen-bond donors (Lipinski definition) is 3. The Bertz CT molecular complexity index is 349. The van der Waals surface area contributed by atoms with E-state index in [1.54, 1.807) is 0 Å². The normalized spacial score (nSPS) is 10.5. The maximum Gasteiger partial charge on any atom is 0.225 e. The quantitative estimate of drug-likeness (QED) is 0.590. The van der Waals surface area contributed by atoms with Gasteiger partial charge in [0.1, 0.15) is 0 Å². The molecule has 1 amide bonds. The van der Waals surface area contributed by atoms with Crippen molar-refractivity contribution in [3.8, 4) is 0 Å². The minimum atomic E-state index is -0.000455. The van der Waals surface area contributed by atoms with Crippen molar-refractivity contribution in [2.45, 2.75) is 58.3 Å².